The molecule has 1 aromatic rings. The third-order valence-electron chi connectivity index (χ3n) is 3.72. The van der Waals surface area contributed by atoms with Crippen molar-refractivity contribution >= 4 is 23.6 Å². The van der Waals surface area contributed by atoms with E-state index in [9.17, 15) is 9.59 Å². The predicted octanol–water partition coefficient (Wildman–Crippen LogP) is 2.12. The first-order chi connectivity index (χ1) is 11.2. The monoisotopic (exact) mass is 340 g/mol. The highest BCUT2D eigenvalue weighted by Gasteiger charge is 2.41. The highest BCUT2D eigenvalue weighted by Crippen LogP contribution is 2.33. The van der Waals surface area contributed by atoms with Gasteiger partial charge in [0.1, 0.15) is 6.04 Å². The molecule has 0 bridgehead atoms. The van der Waals surface area contributed by atoms with Gasteiger partial charge in [0.05, 0.1) is 11.6 Å². The molecule has 1 N–H and O–H groups in total. The number of nitrogens with one attached hydrogen (secondary N) is 1. The summed E-state index contributed by atoms with van der Waals surface area (Å²) in [5.74, 6) is 0.584. The maximum atomic E-state index is 12.7. The smallest absolute Gasteiger partial charge is 0.291 e. The van der Waals surface area contributed by atoms with E-state index in [-0.39, 0.29) is 22.9 Å². The molecule has 0 saturated carbocycles. The molecule has 0 aliphatic carbocycles. The van der Waals surface area contributed by atoms with Crippen LogP contribution in [0, 0.1) is 0 Å². The highest BCUT2D eigenvalue weighted by molar-refractivity contribution is 8.00. The number of ether oxygens (including phenoxy) is 1. The summed E-state index contributed by atoms with van der Waals surface area (Å²) in [5.41, 5.74) is 0. The summed E-state index contributed by atoms with van der Waals surface area (Å²) < 4.78 is 10.2. The fourth-order valence-corrected chi connectivity index (χ4v) is 4.10. The van der Waals surface area contributed by atoms with E-state index in [0.29, 0.717) is 18.9 Å². The van der Waals surface area contributed by atoms with Crippen LogP contribution < -0.4 is 5.32 Å². The molecule has 1 aliphatic heterocycles. The van der Waals surface area contributed by atoms with Crippen molar-refractivity contribution in [1.29, 1.82) is 0 Å². The molecular weight excluding hydrogens is 316 g/mol. The Labute approximate surface area is 140 Å². The zero-order valence-electron chi connectivity index (χ0n) is 13.6. The molecule has 1 fully saturated rings. The number of methoxy groups -OCH3 is 1. The molecule has 0 aromatic carbocycles. The zero-order chi connectivity index (χ0) is 16.7. The first-order valence-electron chi connectivity index (χ1n) is 7.93. The summed E-state index contributed by atoms with van der Waals surface area (Å²) in [7, 11) is 1.63. The van der Waals surface area contributed by atoms with Crippen molar-refractivity contribution in [2.24, 2.45) is 0 Å². The minimum absolute atomic E-state index is 0.0207. The second-order valence-corrected chi connectivity index (χ2v) is 6.63. The largest absolute Gasteiger partial charge is 0.459 e. The molecular formula is C16H24N2O4S. The molecule has 1 aliphatic rings. The Morgan fingerprint density at radius 2 is 2.35 bits per heavy atom. The van der Waals surface area contributed by atoms with Crippen LogP contribution in [0.3, 0.4) is 0 Å². The Morgan fingerprint density at radius 1 is 1.52 bits per heavy atom. The standard InChI is InChI=1S/C16H24N2O4S/c1-3-6-14-18(16(20)13-7-4-10-22-13)12(11-23-14)15(19)17-8-5-9-21-2/h4,7,10,12,14H,3,5-6,8-9,11H2,1-2H3,(H,17,19). The summed E-state index contributed by atoms with van der Waals surface area (Å²) in [4.78, 5) is 26.8. The van der Waals surface area contributed by atoms with Gasteiger partial charge in [-0.3, -0.25) is 9.59 Å². The predicted molar refractivity (Wildman–Crippen MR) is 89.3 cm³/mol. The summed E-state index contributed by atoms with van der Waals surface area (Å²) >= 11 is 1.66. The lowest BCUT2D eigenvalue weighted by Crippen LogP contribution is -2.50. The van der Waals surface area contributed by atoms with Crippen molar-refractivity contribution in [3.05, 3.63) is 24.2 Å². The molecule has 2 amide bonds. The molecule has 2 atom stereocenters. The van der Waals surface area contributed by atoms with E-state index in [1.165, 1.54) is 6.26 Å². The van der Waals surface area contributed by atoms with E-state index < -0.39 is 6.04 Å². The van der Waals surface area contributed by atoms with Crippen LogP contribution in [0.25, 0.3) is 0 Å². The zero-order valence-corrected chi connectivity index (χ0v) is 14.4. The van der Waals surface area contributed by atoms with Crippen LogP contribution in [-0.4, -0.2) is 54.1 Å². The van der Waals surface area contributed by atoms with E-state index in [1.54, 1.807) is 35.9 Å². The van der Waals surface area contributed by atoms with Gasteiger partial charge in [-0.1, -0.05) is 13.3 Å². The van der Waals surface area contributed by atoms with Crippen LogP contribution in [0.4, 0.5) is 0 Å². The Bertz CT molecular complexity index is 506. The number of furan rings is 1. The summed E-state index contributed by atoms with van der Waals surface area (Å²) in [6, 6.07) is 2.88. The van der Waals surface area contributed by atoms with Crippen LogP contribution in [-0.2, 0) is 9.53 Å². The minimum Gasteiger partial charge on any atom is -0.459 e. The van der Waals surface area contributed by atoms with Gasteiger partial charge in [-0.15, -0.1) is 11.8 Å². The topological polar surface area (TPSA) is 71.8 Å². The van der Waals surface area contributed by atoms with Gasteiger partial charge in [-0.2, -0.15) is 0 Å². The number of hydrogen-bond donors (Lipinski definition) is 1. The number of amides is 2. The van der Waals surface area contributed by atoms with Gasteiger partial charge in [-0.25, -0.2) is 0 Å². The molecule has 0 radical (unpaired) electrons. The second-order valence-electron chi connectivity index (χ2n) is 5.42. The first kappa shape index (κ1) is 17.9. The number of thioether (sulfide) groups is 1. The second kappa shape index (κ2) is 8.98. The van der Waals surface area contributed by atoms with Crippen LogP contribution in [0.5, 0.6) is 0 Å². The number of hydrogen-bond acceptors (Lipinski definition) is 5. The van der Waals surface area contributed by atoms with Crippen molar-refractivity contribution in [2.75, 3.05) is 26.0 Å². The van der Waals surface area contributed by atoms with Gasteiger partial charge in [0, 0.05) is 26.0 Å². The van der Waals surface area contributed by atoms with E-state index in [0.717, 1.165) is 19.3 Å². The fourth-order valence-electron chi connectivity index (χ4n) is 2.58. The molecule has 23 heavy (non-hydrogen) atoms. The van der Waals surface area contributed by atoms with Gasteiger partial charge in [-0.05, 0) is 25.0 Å². The van der Waals surface area contributed by atoms with Crippen molar-refractivity contribution in [3.8, 4) is 0 Å². The van der Waals surface area contributed by atoms with Crippen molar-refractivity contribution in [3.63, 3.8) is 0 Å². The third kappa shape index (κ3) is 4.51. The lowest BCUT2D eigenvalue weighted by molar-refractivity contribution is -0.124. The van der Waals surface area contributed by atoms with Gasteiger partial charge in [0.2, 0.25) is 5.91 Å². The summed E-state index contributed by atoms with van der Waals surface area (Å²) in [6.45, 7) is 3.23. The Kier molecular flexibility index (Phi) is 6.98. The third-order valence-corrected chi connectivity index (χ3v) is 5.08. The molecule has 2 heterocycles. The quantitative estimate of drug-likeness (QED) is 0.734. The lowest BCUT2D eigenvalue weighted by atomic mass is 10.2. The molecule has 0 spiro atoms. The average molecular weight is 340 g/mol. The van der Waals surface area contributed by atoms with E-state index in [1.807, 2.05) is 0 Å². The number of nitrogens with zero attached hydrogens (tertiary/aromatic N) is 1. The van der Waals surface area contributed by atoms with E-state index in [2.05, 4.69) is 12.2 Å². The Balaban J connectivity index is 2.04. The van der Waals surface area contributed by atoms with Crippen LogP contribution in [0.1, 0.15) is 36.7 Å². The number of rotatable bonds is 8. The van der Waals surface area contributed by atoms with Crippen molar-refractivity contribution < 1.29 is 18.7 Å². The van der Waals surface area contributed by atoms with Crippen LogP contribution >= 0.6 is 11.8 Å². The maximum Gasteiger partial charge on any atom is 0.291 e. The summed E-state index contributed by atoms with van der Waals surface area (Å²) in [6.07, 6.45) is 4.06. The molecule has 6 nitrogen and oxygen atoms in total. The highest BCUT2D eigenvalue weighted by atomic mass is 32.2. The van der Waals surface area contributed by atoms with Crippen molar-refractivity contribution in [1.82, 2.24) is 10.2 Å². The SMILES string of the molecule is CCCC1SCC(C(=O)NCCCOC)N1C(=O)c1ccco1. The summed E-state index contributed by atoms with van der Waals surface area (Å²) in [5, 5.41) is 2.92. The van der Waals surface area contributed by atoms with Gasteiger partial charge in [0.15, 0.2) is 5.76 Å². The molecule has 2 unspecified atom stereocenters. The van der Waals surface area contributed by atoms with Gasteiger partial charge < -0.3 is 19.4 Å². The van der Waals surface area contributed by atoms with Gasteiger partial charge in [0.25, 0.3) is 5.91 Å². The van der Waals surface area contributed by atoms with E-state index >= 15 is 0 Å². The first-order valence-corrected chi connectivity index (χ1v) is 8.98. The fraction of sp³-hybridized carbons (Fsp3) is 0.625. The lowest BCUT2D eigenvalue weighted by Gasteiger charge is -2.27. The molecule has 7 heteroatoms. The molecule has 128 valence electrons. The van der Waals surface area contributed by atoms with Gasteiger partial charge >= 0.3 is 0 Å². The molecule has 1 saturated heterocycles. The number of carbonyl (C=O) groups is 2. The normalized spacial score (nSPS) is 20.7. The minimum atomic E-state index is -0.448. The number of carbonyl (C=O) groups excluding carboxylic acids is 2. The molecule has 1 aromatic heterocycles. The average Bonchev–Trinajstić information content (AvgIpc) is 3.21. The molecule has 2 rings (SSSR count). The van der Waals surface area contributed by atoms with Crippen LogP contribution in [0.2, 0.25) is 0 Å². The maximum absolute atomic E-state index is 12.7. The Morgan fingerprint density at radius 3 is 3.00 bits per heavy atom. The Hall–Kier alpha value is -1.47. The van der Waals surface area contributed by atoms with Crippen molar-refractivity contribution in [2.45, 2.75) is 37.6 Å². The van der Waals surface area contributed by atoms with Crippen LogP contribution in [0.15, 0.2) is 22.8 Å². The van der Waals surface area contributed by atoms with E-state index in [4.69, 9.17) is 9.15 Å².